The number of aromatic nitrogens is 2. The second kappa shape index (κ2) is 5.35. The molecule has 3 rings (SSSR count). The molecule has 0 radical (unpaired) electrons. The van der Waals surface area contributed by atoms with Gasteiger partial charge < -0.3 is 15.6 Å². The summed E-state index contributed by atoms with van der Waals surface area (Å²) in [4.78, 5) is 9.88. The van der Waals surface area contributed by atoms with E-state index in [2.05, 4.69) is 58.3 Å². The number of hydrogen-bond donors (Lipinski definition) is 2. The van der Waals surface area contributed by atoms with Gasteiger partial charge in [-0.05, 0) is 23.8 Å². The number of hydrogen-bond acceptors (Lipinski definition) is 3. The first kappa shape index (κ1) is 12.7. The van der Waals surface area contributed by atoms with Crippen molar-refractivity contribution in [1.29, 1.82) is 0 Å². The molecule has 4 nitrogen and oxygen atoms in total. The maximum atomic E-state index is 5.61. The van der Waals surface area contributed by atoms with Gasteiger partial charge in [-0.2, -0.15) is 0 Å². The monoisotopic (exact) mass is 266 g/mol. The van der Waals surface area contributed by atoms with E-state index in [1.807, 2.05) is 12.1 Å². The average Bonchev–Trinajstić information content (AvgIpc) is 2.90. The smallest absolute Gasteiger partial charge is 0.121 e. The fourth-order valence-electron chi connectivity index (χ4n) is 2.33. The van der Waals surface area contributed by atoms with E-state index in [1.165, 1.54) is 5.56 Å². The summed E-state index contributed by atoms with van der Waals surface area (Å²) in [7, 11) is 2.09. The first-order valence-electron chi connectivity index (χ1n) is 6.70. The summed E-state index contributed by atoms with van der Waals surface area (Å²) in [6.07, 6.45) is 0. The molecule has 2 aromatic carbocycles. The van der Waals surface area contributed by atoms with Crippen LogP contribution in [-0.4, -0.2) is 17.0 Å². The fraction of sp³-hybridized carbons (Fsp3) is 0.188. The van der Waals surface area contributed by atoms with Gasteiger partial charge in [0.05, 0.1) is 17.6 Å². The van der Waals surface area contributed by atoms with Crippen molar-refractivity contribution in [3.63, 3.8) is 0 Å². The predicted molar refractivity (Wildman–Crippen MR) is 82.5 cm³/mol. The summed E-state index contributed by atoms with van der Waals surface area (Å²) in [5, 5.41) is 0. The molecule has 0 unspecified atom stereocenters. The van der Waals surface area contributed by atoms with Crippen molar-refractivity contribution in [2.24, 2.45) is 5.73 Å². The minimum absolute atomic E-state index is 0.434. The van der Waals surface area contributed by atoms with Crippen LogP contribution in [-0.2, 0) is 13.1 Å². The predicted octanol–water partition coefficient (Wildman–Crippen LogP) is 2.66. The highest BCUT2D eigenvalue weighted by molar-refractivity contribution is 5.79. The molecule has 0 fully saturated rings. The molecule has 0 saturated heterocycles. The number of rotatable bonds is 4. The van der Waals surface area contributed by atoms with Crippen molar-refractivity contribution in [1.82, 2.24) is 9.97 Å². The van der Waals surface area contributed by atoms with Crippen LogP contribution in [0.15, 0.2) is 48.5 Å². The highest BCUT2D eigenvalue weighted by Crippen LogP contribution is 2.21. The first-order valence-corrected chi connectivity index (χ1v) is 6.70. The second-order valence-corrected chi connectivity index (χ2v) is 4.93. The van der Waals surface area contributed by atoms with E-state index < -0.39 is 0 Å². The van der Waals surface area contributed by atoms with Gasteiger partial charge in [0.15, 0.2) is 0 Å². The maximum absolute atomic E-state index is 5.61. The Morgan fingerprint density at radius 3 is 2.70 bits per heavy atom. The molecule has 1 aromatic heterocycles. The van der Waals surface area contributed by atoms with Crippen molar-refractivity contribution in [3.05, 3.63) is 59.9 Å². The van der Waals surface area contributed by atoms with Crippen LogP contribution in [0.25, 0.3) is 11.0 Å². The largest absolute Gasteiger partial charge is 0.370 e. The third kappa shape index (κ3) is 2.51. The number of nitrogens with zero attached hydrogens (tertiary/aromatic N) is 2. The van der Waals surface area contributed by atoms with Crippen molar-refractivity contribution >= 4 is 16.7 Å². The Kier molecular flexibility index (Phi) is 3.39. The zero-order valence-electron chi connectivity index (χ0n) is 11.5. The molecule has 0 aliphatic rings. The molecule has 0 aliphatic carbocycles. The number of benzene rings is 2. The minimum Gasteiger partial charge on any atom is -0.370 e. The van der Waals surface area contributed by atoms with E-state index >= 15 is 0 Å². The van der Waals surface area contributed by atoms with E-state index in [1.54, 1.807) is 0 Å². The standard InChI is InChI=1S/C16H18N4/c1-20(11-12-5-3-2-4-6-12)13-7-8-14-15(9-13)19-16(10-17)18-14/h2-9H,10-11,17H2,1H3,(H,18,19). The summed E-state index contributed by atoms with van der Waals surface area (Å²) in [6.45, 7) is 1.31. The summed E-state index contributed by atoms with van der Waals surface area (Å²) in [6, 6.07) is 16.7. The summed E-state index contributed by atoms with van der Waals surface area (Å²) in [5.74, 6) is 0.822. The van der Waals surface area contributed by atoms with Gasteiger partial charge in [-0.3, -0.25) is 0 Å². The molecule has 20 heavy (non-hydrogen) atoms. The van der Waals surface area contributed by atoms with E-state index in [0.717, 1.165) is 29.1 Å². The molecular weight excluding hydrogens is 248 g/mol. The molecule has 4 heteroatoms. The molecule has 102 valence electrons. The van der Waals surface area contributed by atoms with Gasteiger partial charge in [-0.25, -0.2) is 4.98 Å². The Bertz CT molecular complexity index is 703. The molecule has 3 aromatic rings. The quantitative estimate of drug-likeness (QED) is 0.763. The zero-order chi connectivity index (χ0) is 13.9. The molecular formula is C16H18N4. The molecule has 0 aliphatic heterocycles. The summed E-state index contributed by atoms with van der Waals surface area (Å²) >= 11 is 0. The Balaban J connectivity index is 1.85. The topological polar surface area (TPSA) is 57.9 Å². The van der Waals surface area contributed by atoms with Crippen molar-refractivity contribution < 1.29 is 0 Å². The van der Waals surface area contributed by atoms with Gasteiger partial charge in [0.25, 0.3) is 0 Å². The maximum Gasteiger partial charge on any atom is 0.121 e. The fourth-order valence-corrected chi connectivity index (χ4v) is 2.33. The van der Waals surface area contributed by atoms with Gasteiger partial charge in [-0.1, -0.05) is 30.3 Å². The average molecular weight is 266 g/mol. The Morgan fingerprint density at radius 2 is 1.95 bits per heavy atom. The number of imidazole rings is 1. The molecule has 0 saturated carbocycles. The van der Waals surface area contributed by atoms with Gasteiger partial charge in [0.2, 0.25) is 0 Å². The number of anilines is 1. The lowest BCUT2D eigenvalue weighted by atomic mass is 10.2. The second-order valence-electron chi connectivity index (χ2n) is 4.93. The van der Waals surface area contributed by atoms with Gasteiger partial charge in [-0.15, -0.1) is 0 Å². The third-order valence-corrected chi connectivity index (χ3v) is 3.41. The lowest BCUT2D eigenvalue weighted by molar-refractivity contribution is 0.924. The minimum atomic E-state index is 0.434. The number of H-pyrrole nitrogens is 1. The lowest BCUT2D eigenvalue weighted by Crippen LogP contribution is -2.16. The Morgan fingerprint density at radius 1 is 1.15 bits per heavy atom. The van der Waals surface area contributed by atoms with Crippen LogP contribution in [0.3, 0.4) is 0 Å². The Hall–Kier alpha value is -2.33. The lowest BCUT2D eigenvalue weighted by Gasteiger charge is -2.19. The molecule has 0 spiro atoms. The van der Waals surface area contributed by atoms with Crippen LogP contribution in [0.1, 0.15) is 11.4 Å². The molecule has 0 amide bonds. The normalized spacial score (nSPS) is 10.9. The summed E-state index contributed by atoms with van der Waals surface area (Å²) < 4.78 is 0. The van der Waals surface area contributed by atoms with Crippen LogP contribution in [0.4, 0.5) is 5.69 Å². The number of fused-ring (bicyclic) bond motifs is 1. The Labute approximate surface area is 118 Å². The number of aromatic amines is 1. The van der Waals surface area contributed by atoms with Crippen LogP contribution in [0, 0.1) is 0 Å². The van der Waals surface area contributed by atoms with Crippen LogP contribution >= 0.6 is 0 Å². The molecule has 3 N–H and O–H groups in total. The summed E-state index contributed by atoms with van der Waals surface area (Å²) in [5.41, 5.74) is 10.1. The highest BCUT2D eigenvalue weighted by Gasteiger charge is 2.06. The van der Waals surface area contributed by atoms with Crippen molar-refractivity contribution in [2.45, 2.75) is 13.1 Å². The van der Waals surface area contributed by atoms with Gasteiger partial charge in [0.1, 0.15) is 5.82 Å². The van der Waals surface area contributed by atoms with Crippen molar-refractivity contribution in [3.8, 4) is 0 Å². The third-order valence-electron chi connectivity index (χ3n) is 3.41. The van der Waals surface area contributed by atoms with Gasteiger partial charge >= 0.3 is 0 Å². The van der Waals surface area contributed by atoms with Crippen LogP contribution < -0.4 is 10.6 Å². The van der Waals surface area contributed by atoms with E-state index in [4.69, 9.17) is 5.73 Å². The van der Waals surface area contributed by atoms with Crippen LogP contribution in [0.2, 0.25) is 0 Å². The SMILES string of the molecule is CN(Cc1ccccc1)c1ccc2nc(CN)[nH]c2c1. The molecule has 1 heterocycles. The zero-order valence-corrected chi connectivity index (χ0v) is 11.5. The number of nitrogens with two attached hydrogens (primary N) is 1. The van der Waals surface area contributed by atoms with Gasteiger partial charge in [0, 0.05) is 19.3 Å². The molecule has 0 atom stereocenters. The van der Waals surface area contributed by atoms with Crippen molar-refractivity contribution in [2.75, 3.05) is 11.9 Å². The van der Waals surface area contributed by atoms with E-state index in [0.29, 0.717) is 6.54 Å². The first-order chi connectivity index (χ1) is 9.76. The van der Waals surface area contributed by atoms with E-state index in [9.17, 15) is 0 Å². The molecule has 0 bridgehead atoms. The highest BCUT2D eigenvalue weighted by atomic mass is 15.1. The van der Waals surface area contributed by atoms with E-state index in [-0.39, 0.29) is 0 Å². The number of nitrogens with one attached hydrogen (secondary N) is 1. The van der Waals surface area contributed by atoms with Crippen LogP contribution in [0.5, 0.6) is 0 Å².